The van der Waals surface area contributed by atoms with Gasteiger partial charge in [0.05, 0.1) is 34.7 Å². The number of fused-ring (bicyclic) bond motifs is 1. The van der Waals surface area contributed by atoms with Crippen molar-refractivity contribution in [2.75, 3.05) is 19.6 Å². The molecule has 1 amide bonds. The van der Waals surface area contributed by atoms with Crippen molar-refractivity contribution in [2.24, 2.45) is 5.92 Å². The largest absolute Gasteiger partial charge is 0.392 e. The van der Waals surface area contributed by atoms with Gasteiger partial charge in [0.2, 0.25) is 15.9 Å². The summed E-state index contributed by atoms with van der Waals surface area (Å²) in [6.45, 7) is 6.62. The molecule has 0 aliphatic carbocycles. The predicted octanol–water partition coefficient (Wildman–Crippen LogP) is 8.13. The predicted molar refractivity (Wildman–Crippen MR) is 259 cm³/mol. The van der Waals surface area contributed by atoms with E-state index in [-0.39, 0.29) is 54.3 Å². The average Bonchev–Trinajstić information content (AvgIpc) is 3.70. The van der Waals surface area contributed by atoms with E-state index >= 15 is 0 Å². The molecule has 0 radical (unpaired) electrons. The molecule has 0 bridgehead atoms. The molecule has 0 saturated carbocycles. The van der Waals surface area contributed by atoms with Gasteiger partial charge in [0.15, 0.2) is 6.29 Å². The van der Waals surface area contributed by atoms with Crippen LogP contribution in [0.25, 0.3) is 22.2 Å². The molecule has 67 heavy (non-hydrogen) atoms. The highest BCUT2D eigenvalue weighted by Gasteiger charge is 2.40. The monoisotopic (exact) mass is 919 g/mol. The molecule has 6 aromatic carbocycles. The molecular weight excluding hydrogens is 863 g/mol. The molecule has 0 spiro atoms. The van der Waals surface area contributed by atoms with Crippen LogP contribution in [0.15, 0.2) is 161 Å². The number of imidazole rings is 1. The maximum atomic E-state index is 13.7. The number of aliphatic hydroxyl groups excluding tert-OH is 1. The second-order valence-electron chi connectivity index (χ2n) is 17.9. The SMILES string of the molecule is Cc1ccc(S(=O)(=O)NC(Cc2ccccc2)C(=O)NCc2cccc(-c3ccc(C4OC(CN5CCC(n6c(=O)[nH]c7ccccc76)CC5)C(C)C(c5ccc(CO)cc5)O4)cc3)c2)cc1. The topological polar surface area (TPSA) is 155 Å². The molecule has 2 fully saturated rings. The van der Waals surface area contributed by atoms with Gasteiger partial charge in [-0.15, -0.1) is 0 Å². The molecule has 5 atom stereocenters. The molecule has 2 aliphatic heterocycles. The van der Waals surface area contributed by atoms with Crippen LogP contribution in [0.2, 0.25) is 0 Å². The number of amides is 1. The van der Waals surface area contributed by atoms with Crippen molar-refractivity contribution in [3.63, 3.8) is 0 Å². The minimum Gasteiger partial charge on any atom is -0.392 e. The Morgan fingerprint density at radius 3 is 2.19 bits per heavy atom. The molecule has 13 heteroatoms. The van der Waals surface area contributed by atoms with Gasteiger partial charge in [-0.2, -0.15) is 4.72 Å². The van der Waals surface area contributed by atoms with E-state index in [1.807, 2.05) is 139 Å². The Labute approximate surface area is 391 Å². The van der Waals surface area contributed by atoms with E-state index < -0.39 is 28.3 Å². The molecule has 2 aliphatic rings. The first kappa shape index (κ1) is 45.9. The van der Waals surface area contributed by atoms with E-state index in [9.17, 15) is 23.1 Å². The number of H-pyrrole nitrogens is 1. The van der Waals surface area contributed by atoms with E-state index in [2.05, 4.69) is 26.8 Å². The third-order valence-corrected chi connectivity index (χ3v) is 14.7. The maximum Gasteiger partial charge on any atom is 0.326 e. The fourth-order valence-electron chi connectivity index (χ4n) is 9.40. The summed E-state index contributed by atoms with van der Waals surface area (Å²) in [5.41, 5.74) is 9.04. The van der Waals surface area contributed by atoms with Gasteiger partial charge in [-0.25, -0.2) is 13.2 Å². The van der Waals surface area contributed by atoms with Gasteiger partial charge in [-0.05, 0) is 89.9 Å². The summed E-state index contributed by atoms with van der Waals surface area (Å²) in [6, 6.07) is 46.9. The fraction of sp³-hybridized carbons (Fsp3) is 0.296. The fourth-order valence-corrected chi connectivity index (χ4v) is 10.6. The number of aliphatic hydroxyl groups is 1. The minimum atomic E-state index is -3.98. The molecule has 12 nitrogen and oxygen atoms in total. The van der Waals surface area contributed by atoms with Gasteiger partial charge in [0.1, 0.15) is 6.04 Å². The van der Waals surface area contributed by atoms with Crippen LogP contribution in [-0.4, -0.2) is 65.7 Å². The number of rotatable bonds is 15. The number of aromatic amines is 1. The number of para-hydroxylation sites is 2. The number of hydrogen-bond donors (Lipinski definition) is 4. The molecule has 2 saturated heterocycles. The van der Waals surface area contributed by atoms with Crippen LogP contribution >= 0.6 is 0 Å². The lowest BCUT2D eigenvalue weighted by Crippen LogP contribution is -2.47. The van der Waals surface area contributed by atoms with Gasteiger partial charge < -0.3 is 29.8 Å². The van der Waals surface area contributed by atoms with E-state index in [1.165, 1.54) is 0 Å². The summed E-state index contributed by atoms with van der Waals surface area (Å²) in [5.74, 6) is -0.404. The normalized spacial score (nSPS) is 19.9. The summed E-state index contributed by atoms with van der Waals surface area (Å²) in [6.07, 6.45) is 0.863. The number of carbonyl (C=O) groups excluding carboxylic acids is 1. The third kappa shape index (κ3) is 10.7. The Balaban J connectivity index is 0.878. The Morgan fingerprint density at radius 1 is 0.776 bits per heavy atom. The van der Waals surface area contributed by atoms with Crippen molar-refractivity contribution in [3.05, 3.63) is 196 Å². The lowest BCUT2D eigenvalue weighted by atomic mass is 9.89. The van der Waals surface area contributed by atoms with Gasteiger partial charge in [-0.1, -0.05) is 134 Å². The van der Waals surface area contributed by atoms with Gasteiger partial charge in [0.25, 0.3) is 0 Å². The molecule has 3 heterocycles. The van der Waals surface area contributed by atoms with Gasteiger partial charge in [-0.3, -0.25) is 9.36 Å². The van der Waals surface area contributed by atoms with Crippen LogP contribution in [0.4, 0.5) is 0 Å². The van der Waals surface area contributed by atoms with E-state index in [4.69, 9.17) is 9.47 Å². The highest BCUT2D eigenvalue weighted by Crippen LogP contribution is 2.42. The minimum absolute atomic E-state index is 0.0229. The number of sulfonamides is 1. The van der Waals surface area contributed by atoms with Crippen LogP contribution < -0.4 is 15.7 Å². The Kier molecular flexibility index (Phi) is 14.0. The standard InChI is InChI=1S/C54H57N5O7S/c1-36-15-25-46(26-16-36)67(63,64)57-48(32-38-9-4-3-5-10-38)52(61)55-33-40-11-8-12-44(31-40)41-21-23-43(24-22-41)53-65-50(37(2)51(66-53)42-19-17-39(35-60)18-20-42)34-58-29-27-45(28-30-58)59-49-14-7-6-13-47(49)56-54(59)62/h3-26,31,37,45,48,50-51,53,57,60H,27-30,32-35H2,1-2H3,(H,55,61)(H,56,62). The third-order valence-electron chi connectivity index (χ3n) is 13.2. The molecule has 9 rings (SSSR count). The molecule has 7 aromatic rings. The summed E-state index contributed by atoms with van der Waals surface area (Å²) in [4.78, 5) is 32.3. The van der Waals surface area contributed by atoms with Crippen molar-refractivity contribution >= 4 is 27.0 Å². The van der Waals surface area contributed by atoms with Crippen LogP contribution in [0.3, 0.4) is 0 Å². The number of ether oxygens (including phenoxy) is 2. The quantitative estimate of drug-likeness (QED) is 0.0804. The van der Waals surface area contributed by atoms with E-state index in [1.54, 1.807) is 24.3 Å². The molecule has 4 N–H and O–H groups in total. The lowest BCUT2D eigenvalue weighted by molar-refractivity contribution is -0.276. The molecule has 5 unspecified atom stereocenters. The number of hydrogen-bond acceptors (Lipinski definition) is 8. The Morgan fingerprint density at radius 2 is 1.46 bits per heavy atom. The van der Waals surface area contributed by atoms with Gasteiger partial charge >= 0.3 is 5.69 Å². The second kappa shape index (κ2) is 20.4. The second-order valence-corrected chi connectivity index (χ2v) is 19.6. The first-order valence-corrected chi connectivity index (χ1v) is 24.5. The van der Waals surface area contributed by atoms with Gasteiger partial charge in [0, 0.05) is 43.7 Å². The van der Waals surface area contributed by atoms with Crippen LogP contribution in [-0.2, 0) is 43.9 Å². The van der Waals surface area contributed by atoms with Crippen molar-refractivity contribution in [3.8, 4) is 11.1 Å². The number of nitrogens with zero attached hydrogens (tertiary/aromatic N) is 2. The number of benzene rings is 6. The zero-order valence-electron chi connectivity index (χ0n) is 37.8. The lowest BCUT2D eigenvalue weighted by Gasteiger charge is -2.44. The molecule has 1 aromatic heterocycles. The van der Waals surface area contributed by atoms with Crippen LogP contribution in [0, 0.1) is 12.8 Å². The molecule has 346 valence electrons. The van der Waals surface area contributed by atoms with E-state index in [0.29, 0.717) is 0 Å². The van der Waals surface area contributed by atoms with Crippen LogP contribution in [0.1, 0.15) is 71.6 Å². The summed E-state index contributed by atoms with van der Waals surface area (Å²) in [5, 5.41) is 12.7. The van der Waals surface area contributed by atoms with Crippen molar-refractivity contribution < 1.29 is 27.8 Å². The summed E-state index contributed by atoms with van der Waals surface area (Å²) < 4.78 is 45.1. The number of piperidine rings is 1. The van der Waals surface area contributed by atoms with E-state index in [0.717, 1.165) is 88.0 Å². The average molecular weight is 920 g/mol. The number of aromatic nitrogens is 2. The Hall–Kier alpha value is -6.19. The highest BCUT2D eigenvalue weighted by molar-refractivity contribution is 7.89. The van der Waals surface area contributed by atoms with Crippen molar-refractivity contribution in [1.29, 1.82) is 0 Å². The number of carbonyl (C=O) groups is 1. The first-order chi connectivity index (χ1) is 32.5. The number of nitrogens with one attached hydrogen (secondary N) is 3. The Bertz CT molecular complexity index is 2950. The maximum absolute atomic E-state index is 13.7. The molecular formula is C54H57N5O7S. The summed E-state index contributed by atoms with van der Waals surface area (Å²) >= 11 is 0. The summed E-state index contributed by atoms with van der Waals surface area (Å²) in [7, 11) is -3.98. The zero-order valence-corrected chi connectivity index (χ0v) is 38.6. The van der Waals surface area contributed by atoms with Crippen molar-refractivity contribution in [1.82, 2.24) is 24.5 Å². The number of likely N-dealkylation sites (tertiary alicyclic amines) is 1. The number of aryl methyl sites for hydroxylation is 1. The van der Waals surface area contributed by atoms with Crippen LogP contribution in [0.5, 0.6) is 0 Å². The highest BCUT2D eigenvalue weighted by atomic mass is 32.2. The van der Waals surface area contributed by atoms with Crippen molar-refractivity contribution in [2.45, 2.75) is 81.7 Å². The zero-order chi connectivity index (χ0) is 46.5. The smallest absolute Gasteiger partial charge is 0.326 e. The first-order valence-electron chi connectivity index (χ1n) is 23.0.